The zero-order valence-corrected chi connectivity index (χ0v) is 11.2. The summed E-state index contributed by atoms with van der Waals surface area (Å²) in [6, 6.07) is 8.68. The Hall–Kier alpha value is -1.30. The molecule has 18 heavy (non-hydrogen) atoms. The van der Waals surface area contributed by atoms with E-state index in [-0.39, 0.29) is 11.9 Å². The van der Waals surface area contributed by atoms with Gasteiger partial charge in [-0.15, -0.1) is 0 Å². The molecule has 2 rings (SSSR count). The van der Waals surface area contributed by atoms with Crippen molar-refractivity contribution < 1.29 is 4.39 Å². The summed E-state index contributed by atoms with van der Waals surface area (Å²) < 4.78 is 13.9. The summed E-state index contributed by atoms with van der Waals surface area (Å²) in [7, 11) is 0. The molecule has 5 heteroatoms. The van der Waals surface area contributed by atoms with Crippen molar-refractivity contribution in [2.75, 3.05) is 0 Å². The minimum absolute atomic E-state index is 0.0777. The molecule has 94 valence electrons. The van der Waals surface area contributed by atoms with Crippen molar-refractivity contribution in [3.63, 3.8) is 0 Å². The summed E-state index contributed by atoms with van der Waals surface area (Å²) in [4.78, 5) is 3.96. The second-order valence-electron chi connectivity index (χ2n) is 3.92. The summed E-state index contributed by atoms with van der Waals surface area (Å²) in [5, 5.41) is 0. The molecule has 0 radical (unpaired) electrons. The van der Waals surface area contributed by atoms with Crippen LogP contribution >= 0.6 is 15.9 Å². The number of nitrogens with zero attached hydrogens (tertiary/aromatic N) is 1. The van der Waals surface area contributed by atoms with Crippen molar-refractivity contribution in [1.29, 1.82) is 0 Å². The maximum atomic E-state index is 13.4. The Morgan fingerprint density at radius 3 is 2.67 bits per heavy atom. The number of pyridine rings is 1. The normalized spacial score (nSPS) is 12.4. The zero-order chi connectivity index (χ0) is 13.0. The van der Waals surface area contributed by atoms with Gasteiger partial charge in [-0.05, 0) is 51.7 Å². The van der Waals surface area contributed by atoms with Crippen molar-refractivity contribution in [3.05, 3.63) is 64.1 Å². The van der Waals surface area contributed by atoms with E-state index < -0.39 is 0 Å². The van der Waals surface area contributed by atoms with Gasteiger partial charge in [0.1, 0.15) is 5.82 Å². The van der Waals surface area contributed by atoms with Gasteiger partial charge in [0, 0.05) is 12.4 Å². The molecule has 0 saturated carbocycles. The SMILES string of the molecule is NNC(Cc1cccc(F)c1Br)c1ccncc1. The fourth-order valence-electron chi connectivity index (χ4n) is 1.79. The molecule has 0 aliphatic heterocycles. The molecule has 0 saturated heterocycles. The Bertz CT molecular complexity index is 519. The molecule has 0 spiro atoms. The first-order valence-corrected chi connectivity index (χ1v) is 6.30. The first-order valence-electron chi connectivity index (χ1n) is 5.51. The smallest absolute Gasteiger partial charge is 0.137 e. The highest BCUT2D eigenvalue weighted by Crippen LogP contribution is 2.25. The van der Waals surface area contributed by atoms with E-state index in [1.54, 1.807) is 18.5 Å². The van der Waals surface area contributed by atoms with Gasteiger partial charge in [-0.1, -0.05) is 12.1 Å². The topological polar surface area (TPSA) is 50.9 Å². The predicted molar refractivity (Wildman–Crippen MR) is 72.1 cm³/mol. The van der Waals surface area contributed by atoms with Crippen LogP contribution in [0.5, 0.6) is 0 Å². The third-order valence-electron chi connectivity index (χ3n) is 2.77. The van der Waals surface area contributed by atoms with Gasteiger partial charge in [0.05, 0.1) is 10.5 Å². The molecule has 0 aliphatic rings. The molecule has 1 unspecified atom stereocenters. The van der Waals surface area contributed by atoms with Crippen LogP contribution in [0.1, 0.15) is 17.2 Å². The fourth-order valence-corrected chi connectivity index (χ4v) is 2.22. The molecule has 2 aromatic rings. The molecule has 0 fully saturated rings. The maximum absolute atomic E-state index is 13.4. The minimum Gasteiger partial charge on any atom is -0.271 e. The third kappa shape index (κ3) is 2.93. The van der Waals surface area contributed by atoms with Crippen molar-refractivity contribution in [3.8, 4) is 0 Å². The molecule has 3 N–H and O–H groups in total. The molecule has 1 aromatic carbocycles. The van der Waals surface area contributed by atoms with Crippen molar-refractivity contribution in [1.82, 2.24) is 10.4 Å². The van der Waals surface area contributed by atoms with E-state index >= 15 is 0 Å². The largest absolute Gasteiger partial charge is 0.271 e. The third-order valence-corrected chi connectivity index (χ3v) is 3.65. The first-order chi connectivity index (χ1) is 8.72. The lowest BCUT2D eigenvalue weighted by atomic mass is 10.0. The number of benzene rings is 1. The van der Waals surface area contributed by atoms with Crippen LogP contribution in [0.2, 0.25) is 0 Å². The molecular formula is C13H13BrFN3. The van der Waals surface area contributed by atoms with Gasteiger partial charge < -0.3 is 0 Å². The van der Waals surface area contributed by atoms with Crippen LogP contribution in [-0.2, 0) is 6.42 Å². The monoisotopic (exact) mass is 309 g/mol. The lowest BCUT2D eigenvalue weighted by Crippen LogP contribution is -2.29. The highest BCUT2D eigenvalue weighted by Gasteiger charge is 2.13. The number of hydrogen-bond donors (Lipinski definition) is 2. The van der Waals surface area contributed by atoms with E-state index in [0.29, 0.717) is 10.9 Å². The molecule has 3 nitrogen and oxygen atoms in total. The predicted octanol–water partition coefficient (Wildman–Crippen LogP) is 2.73. The van der Waals surface area contributed by atoms with Gasteiger partial charge in [-0.3, -0.25) is 16.3 Å². The van der Waals surface area contributed by atoms with E-state index in [1.165, 1.54) is 6.07 Å². The minimum atomic E-state index is -0.266. The Kier molecular flexibility index (Phi) is 4.41. The van der Waals surface area contributed by atoms with Crippen LogP contribution in [0.3, 0.4) is 0 Å². The molecule has 1 atom stereocenters. The molecule has 1 heterocycles. The van der Waals surface area contributed by atoms with E-state index in [2.05, 4.69) is 26.3 Å². The molecule has 0 amide bonds. The molecule has 0 bridgehead atoms. The lowest BCUT2D eigenvalue weighted by molar-refractivity contribution is 0.546. The number of hydrogen-bond acceptors (Lipinski definition) is 3. The standard InChI is InChI=1S/C13H13BrFN3/c14-13-10(2-1-3-11(13)15)8-12(18-16)9-4-6-17-7-5-9/h1-7,12,18H,8,16H2. The summed E-state index contributed by atoms with van der Waals surface area (Å²) in [6.07, 6.45) is 4.01. The van der Waals surface area contributed by atoms with Gasteiger partial charge >= 0.3 is 0 Å². The number of halogens is 2. The van der Waals surface area contributed by atoms with E-state index in [9.17, 15) is 4.39 Å². The summed E-state index contributed by atoms with van der Waals surface area (Å²) in [6.45, 7) is 0. The second kappa shape index (κ2) is 6.04. The number of hydrazine groups is 1. The van der Waals surface area contributed by atoms with Crippen molar-refractivity contribution in [2.45, 2.75) is 12.5 Å². The summed E-state index contributed by atoms with van der Waals surface area (Å²) in [5.41, 5.74) is 4.63. The zero-order valence-electron chi connectivity index (χ0n) is 9.61. The van der Waals surface area contributed by atoms with Gasteiger partial charge in [0.15, 0.2) is 0 Å². The van der Waals surface area contributed by atoms with Crippen LogP contribution in [-0.4, -0.2) is 4.98 Å². The first kappa shape index (κ1) is 13.1. The highest BCUT2D eigenvalue weighted by atomic mass is 79.9. The fraction of sp³-hybridized carbons (Fsp3) is 0.154. The van der Waals surface area contributed by atoms with Gasteiger partial charge in [0.25, 0.3) is 0 Å². The van der Waals surface area contributed by atoms with Crippen molar-refractivity contribution in [2.24, 2.45) is 5.84 Å². The number of rotatable bonds is 4. The van der Waals surface area contributed by atoms with Crippen LogP contribution in [0.25, 0.3) is 0 Å². The Morgan fingerprint density at radius 2 is 2.00 bits per heavy atom. The van der Waals surface area contributed by atoms with E-state index in [0.717, 1.165) is 11.1 Å². The Labute approximate surface area is 113 Å². The average molecular weight is 310 g/mol. The van der Waals surface area contributed by atoms with E-state index in [4.69, 9.17) is 5.84 Å². The van der Waals surface area contributed by atoms with Gasteiger partial charge in [-0.2, -0.15) is 0 Å². The average Bonchev–Trinajstić information content (AvgIpc) is 2.41. The Balaban J connectivity index is 2.24. The summed E-state index contributed by atoms with van der Waals surface area (Å²) in [5.74, 6) is 5.30. The number of nitrogens with one attached hydrogen (secondary N) is 1. The quantitative estimate of drug-likeness (QED) is 0.674. The number of aromatic nitrogens is 1. The van der Waals surface area contributed by atoms with Crippen LogP contribution < -0.4 is 11.3 Å². The van der Waals surface area contributed by atoms with Gasteiger partial charge in [-0.25, -0.2) is 4.39 Å². The second-order valence-corrected chi connectivity index (χ2v) is 4.71. The molecular weight excluding hydrogens is 297 g/mol. The van der Waals surface area contributed by atoms with Crippen LogP contribution in [0, 0.1) is 5.82 Å². The molecule has 0 aliphatic carbocycles. The van der Waals surface area contributed by atoms with Crippen molar-refractivity contribution >= 4 is 15.9 Å². The van der Waals surface area contributed by atoms with E-state index in [1.807, 2.05) is 18.2 Å². The van der Waals surface area contributed by atoms with Crippen LogP contribution in [0.15, 0.2) is 47.2 Å². The lowest BCUT2D eigenvalue weighted by Gasteiger charge is -2.17. The molecule has 1 aromatic heterocycles. The van der Waals surface area contributed by atoms with Crippen LogP contribution in [0.4, 0.5) is 4.39 Å². The highest BCUT2D eigenvalue weighted by molar-refractivity contribution is 9.10. The number of nitrogens with two attached hydrogens (primary N) is 1. The van der Waals surface area contributed by atoms with Gasteiger partial charge in [0.2, 0.25) is 0 Å². The Morgan fingerprint density at radius 1 is 1.28 bits per heavy atom. The maximum Gasteiger partial charge on any atom is 0.137 e. The summed E-state index contributed by atoms with van der Waals surface area (Å²) >= 11 is 3.25.